The van der Waals surface area contributed by atoms with Gasteiger partial charge in [0, 0.05) is 12.1 Å². The largest absolute Gasteiger partial charge is 0.445 e. The molecule has 0 aromatic heterocycles. The molecular weight excluding hydrogens is 320 g/mol. The van der Waals surface area contributed by atoms with Gasteiger partial charge in [-0.1, -0.05) is 30.3 Å². The predicted molar refractivity (Wildman–Crippen MR) is 93.7 cm³/mol. The number of hydrogen-bond donors (Lipinski definition) is 1. The monoisotopic (exact) mass is 348 g/mol. The van der Waals surface area contributed by atoms with Gasteiger partial charge < -0.3 is 9.84 Å². The Morgan fingerprint density at radius 3 is 2.68 bits per heavy atom. The molecule has 6 nitrogen and oxygen atoms in total. The lowest BCUT2D eigenvalue weighted by Crippen LogP contribution is -2.45. The lowest BCUT2D eigenvalue weighted by atomic mass is 10.1. The van der Waals surface area contributed by atoms with E-state index in [4.69, 9.17) is 9.57 Å². The summed E-state index contributed by atoms with van der Waals surface area (Å²) in [6.45, 7) is 7.67. The van der Waals surface area contributed by atoms with Gasteiger partial charge in [0.2, 0.25) is 0 Å². The van der Waals surface area contributed by atoms with Gasteiger partial charge in [0.05, 0.1) is 18.7 Å². The van der Waals surface area contributed by atoms with Crippen molar-refractivity contribution in [2.45, 2.75) is 64.0 Å². The second kappa shape index (κ2) is 7.32. The molecule has 2 aliphatic rings. The summed E-state index contributed by atoms with van der Waals surface area (Å²) in [7, 11) is 0. The number of carbonyl (C=O) groups excluding carboxylic acids is 1. The second-order valence-electron chi connectivity index (χ2n) is 7.85. The fraction of sp³-hybridized carbons (Fsp3) is 0.632. The number of likely N-dealkylation sites (tertiary alicyclic amines) is 1. The van der Waals surface area contributed by atoms with E-state index in [0.29, 0.717) is 13.0 Å². The number of β-amino-alcohol motifs (C(OH)–C–C–N with tert-alkyl or cyclic N) is 1. The molecule has 1 N–H and O–H groups in total. The number of amides is 1. The number of benzene rings is 1. The van der Waals surface area contributed by atoms with Crippen LogP contribution in [-0.4, -0.2) is 58.0 Å². The molecule has 6 heteroatoms. The normalized spacial score (nSPS) is 27.7. The number of aliphatic hydroxyl groups is 1. The van der Waals surface area contributed by atoms with Gasteiger partial charge in [0.1, 0.15) is 12.7 Å². The molecule has 0 radical (unpaired) electrons. The van der Waals surface area contributed by atoms with Gasteiger partial charge in [-0.15, -0.1) is 0 Å². The summed E-state index contributed by atoms with van der Waals surface area (Å²) in [5, 5.41) is 12.0. The first-order valence-electron chi connectivity index (χ1n) is 8.94. The van der Waals surface area contributed by atoms with E-state index in [-0.39, 0.29) is 30.4 Å². The van der Waals surface area contributed by atoms with Crippen LogP contribution in [0.2, 0.25) is 0 Å². The van der Waals surface area contributed by atoms with Crippen LogP contribution < -0.4 is 0 Å². The Balaban J connectivity index is 1.61. The van der Waals surface area contributed by atoms with Gasteiger partial charge in [-0.2, -0.15) is 5.06 Å². The van der Waals surface area contributed by atoms with Crippen LogP contribution in [0.25, 0.3) is 0 Å². The Bertz CT molecular complexity index is 587. The van der Waals surface area contributed by atoms with E-state index < -0.39 is 6.10 Å². The van der Waals surface area contributed by atoms with E-state index in [1.165, 1.54) is 0 Å². The summed E-state index contributed by atoms with van der Waals surface area (Å²) in [5.41, 5.74) is 0.869. The minimum absolute atomic E-state index is 0.0788. The molecule has 0 unspecified atom stereocenters. The van der Waals surface area contributed by atoms with Gasteiger partial charge in [-0.05, 0) is 39.2 Å². The van der Waals surface area contributed by atoms with Gasteiger partial charge >= 0.3 is 6.09 Å². The van der Waals surface area contributed by atoms with Crippen LogP contribution in [-0.2, 0) is 16.2 Å². The van der Waals surface area contributed by atoms with E-state index >= 15 is 0 Å². The van der Waals surface area contributed by atoms with Crippen molar-refractivity contribution in [1.82, 2.24) is 9.96 Å². The quantitative estimate of drug-likeness (QED) is 0.910. The summed E-state index contributed by atoms with van der Waals surface area (Å²) in [6, 6.07) is 9.45. The predicted octanol–water partition coefficient (Wildman–Crippen LogP) is 2.56. The van der Waals surface area contributed by atoms with Crippen LogP contribution in [0, 0.1) is 0 Å². The summed E-state index contributed by atoms with van der Waals surface area (Å²) in [5.74, 6) is 0. The van der Waals surface area contributed by atoms with Gasteiger partial charge in [0.15, 0.2) is 0 Å². The number of hydrogen-bond acceptors (Lipinski definition) is 5. The fourth-order valence-corrected chi connectivity index (χ4v) is 3.48. The SMILES string of the molecule is CC(C)(C)N1CC[C@@H]([C@@H]2C[C@@H](O)CN2C(=O)OCc2ccccc2)O1. The van der Waals surface area contributed by atoms with Crippen molar-refractivity contribution in [3.8, 4) is 0 Å². The Morgan fingerprint density at radius 2 is 2.04 bits per heavy atom. The Labute approximate surface area is 149 Å². The highest BCUT2D eigenvalue weighted by Gasteiger charge is 2.44. The van der Waals surface area contributed by atoms with Crippen LogP contribution >= 0.6 is 0 Å². The minimum atomic E-state index is -0.526. The third-order valence-corrected chi connectivity index (χ3v) is 4.82. The number of hydroxylamine groups is 2. The van der Waals surface area contributed by atoms with Crippen molar-refractivity contribution in [3.05, 3.63) is 35.9 Å². The molecule has 0 spiro atoms. The molecule has 1 aromatic rings. The Hall–Kier alpha value is -1.63. The fourth-order valence-electron chi connectivity index (χ4n) is 3.48. The standard InChI is InChI=1S/C19H28N2O4/c1-19(2,3)21-10-9-17(25-21)16-11-15(22)12-20(16)18(23)24-13-14-7-5-4-6-8-14/h4-8,15-17,22H,9-13H2,1-3H3/t15-,16+,17+/m1/s1. The van der Waals surface area contributed by atoms with Crippen molar-refractivity contribution in [2.24, 2.45) is 0 Å². The zero-order valence-electron chi connectivity index (χ0n) is 15.2. The van der Waals surface area contributed by atoms with Crippen LogP contribution in [0.4, 0.5) is 4.79 Å². The summed E-state index contributed by atoms with van der Waals surface area (Å²) >= 11 is 0. The van der Waals surface area contributed by atoms with Gasteiger partial charge in [-0.25, -0.2) is 4.79 Å². The summed E-state index contributed by atoms with van der Waals surface area (Å²) < 4.78 is 5.45. The van der Waals surface area contributed by atoms with E-state index in [9.17, 15) is 9.90 Å². The zero-order chi connectivity index (χ0) is 18.0. The Kier molecular flexibility index (Phi) is 5.32. The first kappa shape index (κ1) is 18.2. The van der Waals surface area contributed by atoms with E-state index in [1.54, 1.807) is 4.90 Å². The molecular formula is C19H28N2O4. The first-order valence-corrected chi connectivity index (χ1v) is 8.94. The molecule has 0 aliphatic carbocycles. The van der Waals surface area contributed by atoms with Crippen LogP contribution in [0.1, 0.15) is 39.2 Å². The highest BCUT2D eigenvalue weighted by Crippen LogP contribution is 2.31. The van der Waals surface area contributed by atoms with Crippen molar-refractivity contribution in [2.75, 3.05) is 13.1 Å². The van der Waals surface area contributed by atoms with Crippen LogP contribution in [0.15, 0.2) is 30.3 Å². The number of aliphatic hydroxyl groups excluding tert-OH is 1. The highest BCUT2D eigenvalue weighted by molar-refractivity contribution is 5.68. The topological polar surface area (TPSA) is 62.2 Å². The van der Waals surface area contributed by atoms with Gasteiger partial charge in [0.25, 0.3) is 0 Å². The second-order valence-corrected chi connectivity index (χ2v) is 7.85. The van der Waals surface area contributed by atoms with E-state index in [1.807, 2.05) is 35.4 Å². The number of ether oxygens (including phenoxy) is 1. The highest BCUT2D eigenvalue weighted by atomic mass is 16.7. The smallest absolute Gasteiger partial charge is 0.410 e. The van der Waals surface area contributed by atoms with E-state index in [2.05, 4.69) is 20.8 Å². The molecule has 3 rings (SSSR count). The van der Waals surface area contributed by atoms with Gasteiger partial charge in [-0.3, -0.25) is 9.74 Å². The molecule has 2 aliphatic heterocycles. The third kappa shape index (κ3) is 4.32. The van der Waals surface area contributed by atoms with E-state index in [0.717, 1.165) is 18.5 Å². The molecule has 1 amide bonds. The number of carbonyl (C=O) groups is 1. The Morgan fingerprint density at radius 1 is 1.32 bits per heavy atom. The van der Waals surface area contributed by atoms with Crippen LogP contribution in [0.5, 0.6) is 0 Å². The number of nitrogens with zero attached hydrogens (tertiary/aromatic N) is 2. The molecule has 3 atom stereocenters. The third-order valence-electron chi connectivity index (χ3n) is 4.82. The minimum Gasteiger partial charge on any atom is -0.445 e. The first-order chi connectivity index (χ1) is 11.8. The average molecular weight is 348 g/mol. The maximum absolute atomic E-state index is 12.5. The summed E-state index contributed by atoms with van der Waals surface area (Å²) in [6.07, 6.45) is 0.366. The van der Waals surface area contributed by atoms with Crippen molar-refractivity contribution >= 4 is 6.09 Å². The van der Waals surface area contributed by atoms with Crippen LogP contribution in [0.3, 0.4) is 0 Å². The maximum Gasteiger partial charge on any atom is 0.410 e. The average Bonchev–Trinajstić information content (AvgIpc) is 3.19. The lowest BCUT2D eigenvalue weighted by molar-refractivity contribution is -0.204. The lowest BCUT2D eigenvalue weighted by Gasteiger charge is -2.33. The molecule has 1 aromatic carbocycles. The molecule has 2 saturated heterocycles. The molecule has 0 bridgehead atoms. The molecule has 2 fully saturated rings. The van der Waals surface area contributed by atoms with Crippen molar-refractivity contribution in [3.63, 3.8) is 0 Å². The molecule has 25 heavy (non-hydrogen) atoms. The summed E-state index contributed by atoms with van der Waals surface area (Å²) in [4.78, 5) is 20.2. The molecule has 138 valence electrons. The molecule has 0 saturated carbocycles. The molecule has 2 heterocycles. The zero-order valence-corrected chi connectivity index (χ0v) is 15.2. The van der Waals surface area contributed by atoms with Crippen molar-refractivity contribution in [1.29, 1.82) is 0 Å². The maximum atomic E-state index is 12.5. The number of rotatable bonds is 3. The van der Waals surface area contributed by atoms with Crippen molar-refractivity contribution < 1.29 is 19.5 Å².